The Bertz CT molecular complexity index is 501. The molecule has 2 rings (SSSR count). The first-order valence-electron chi connectivity index (χ1n) is 7.86. The zero-order valence-corrected chi connectivity index (χ0v) is 13.4. The Labute approximate surface area is 131 Å². The van der Waals surface area contributed by atoms with Crippen molar-refractivity contribution in [2.75, 3.05) is 26.2 Å². The maximum Gasteiger partial charge on any atom is 0.234 e. The van der Waals surface area contributed by atoms with Crippen molar-refractivity contribution in [2.24, 2.45) is 11.1 Å². The van der Waals surface area contributed by atoms with Crippen molar-refractivity contribution in [3.8, 4) is 0 Å². The van der Waals surface area contributed by atoms with E-state index < -0.39 is 0 Å². The molecule has 0 bridgehead atoms. The first-order valence-corrected chi connectivity index (χ1v) is 7.86. The third-order valence-corrected chi connectivity index (χ3v) is 4.41. The van der Waals surface area contributed by atoms with Crippen molar-refractivity contribution in [3.63, 3.8) is 0 Å². The van der Waals surface area contributed by atoms with E-state index in [9.17, 15) is 9.18 Å². The summed E-state index contributed by atoms with van der Waals surface area (Å²) in [5.41, 5.74) is 7.18. The number of nitrogens with one attached hydrogen (secondary N) is 1. The molecular formula is C17H26FN3O. The lowest BCUT2D eigenvalue weighted by Crippen LogP contribution is -2.54. The smallest absolute Gasteiger partial charge is 0.234 e. The number of rotatable bonds is 5. The first kappa shape index (κ1) is 16.9. The maximum atomic E-state index is 12.8. The van der Waals surface area contributed by atoms with Crippen molar-refractivity contribution in [1.29, 1.82) is 0 Å². The Morgan fingerprint density at radius 2 is 2.09 bits per heavy atom. The summed E-state index contributed by atoms with van der Waals surface area (Å²) < 4.78 is 12.8. The van der Waals surface area contributed by atoms with E-state index in [2.05, 4.69) is 24.1 Å². The van der Waals surface area contributed by atoms with Crippen LogP contribution < -0.4 is 11.1 Å². The average Bonchev–Trinajstić information content (AvgIpc) is 2.45. The van der Waals surface area contributed by atoms with E-state index in [1.165, 1.54) is 12.1 Å². The molecule has 22 heavy (non-hydrogen) atoms. The number of nitrogens with zero attached hydrogens (tertiary/aromatic N) is 1. The highest BCUT2D eigenvalue weighted by Gasteiger charge is 2.33. The lowest BCUT2D eigenvalue weighted by molar-refractivity contribution is -0.123. The highest BCUT2D eigenvalue weighted by Crippen LogP contribution is 2.27. The van der Waals surface area contributed by atoms with Gasteiger partial charge in [-0.1, -0.05) is 26.0 Å². The van der Waals surface area contributed by atoms with Gasteiger partial charge in [0.15, 0.2) is 0 Å². The SMILES string of the molecule is CC1(C)CN(CC(=O)NCCc2ccc(F)cc2)CCC1N. The molecular weight excluding hydrogens is 281 g/mol. The van der Waals surface area contributed by atoms with Gasteiger partial charge in [-0.3, -0.25) is 9.69 Å². The molecule has 1 aromatic carbocycles. The van der Waals surface area contributed by atoms with E-state index in [0.717, 1.165) is 25.1 Å². The summed E-state index contributed by atoms with van der Waals surface area (Å²) in [4.78, 5) is 14.2. The highest BCUT2D eigenvalue weighted by atomic mass is 19.1. The summed E-state index contributed by atoms with van der Waals surface area (Å²) in [7, 11) is 0. The van der Waals surface area contributed by atoms with Gasteiger partial charge >= 0.3 is 0 Å². The molecule has 0 aliphatic carbocycles. The van der Waals surface area contributed by atoms with Crippen molar-refractivity contribution in [1.82, 2.24) is 10.2 Å². The molecule has 1 aliphatic rings. The van der Waals surface area contributed by atoms with E-state index in [-0.39, 0.29) is 23.2 Å². The molecule has 0 saturated carbocycles. The van der Waals surface area contributed by atoms with Gasteiger partial charge in [-0.15, -0.1) is 0 Å². The Morgan fingerprint density at radius 1 is 1.41 bits per heavy atom. The summed E-state index contributed by atoms with van der Waals surface area (Å²) in [5, 5.41) is 2.93. The number of halogens is 1. The number of nitrogens with two attached hydrogens (primary N) is 1. The number of piperidine rings is 1. The fourth-order valence-corrected chi connectivity index (χ4v) is 2.88. The minimum atomic E-state index is -0.237. The van der Waals surface area contributed by atoms with Crippen LogP contribution in [0, 0.1) is 11.2 Å². The molecule has 1 heterocycles. The van der Waals surface area contributed by atoms with Crippen LogP contribution in [0.2, 0.25) is 0 Å². The lowest BCUT2D eigenvalue weighted by Gasteiger charge is -2.42. The monoisotopic (exact) mass is 307 g/mol. The third kappa shape index (κ3) is 4.78. The molecule has 0 spiro atoms. The molecule has 122 valence electrons. The van der Waals surface area contributed by atoms with Crippen LogP contribution in [-0.2, 0) is 11.2 Å². The average molecular weight is 307 g/mol. The molecule has 1 unspecified atom stereocenters. The zero-order chi connectivity index (χ0) is 16.2. The van der Waals surface area contributed by atoms with Crippen LogP contribution in [0.25, 0.3) is 0 Å². The predicted octanol–water partition coefficient (Wildman–Crippen LogP) is 1.54. The second-order valence-electron chi connectivity index (χ2n) is 6.82. The molecule has 5 heteroatoms. The van der Waals surface area contributed by atoms with Crippen LogP contribution in [0.1, 0.15) is 25.8 Å². The topological polar surface area (TPSA) is 58.4 Å². The van der Waals surface area contributed by atoms with Gasteiger partial charge in [0.2, 0.25) is 5.91 Å². The molecule has 1 amide bonds. The standard InChI is InChI=1S/C17H26FN3O/c1-17(2)12-21(10-8-15(17)19)11-16(22)20-9-7-13-3-5-14(18)6-4-13/h3-6,15H,7-12,19H2,1-2H3,(H,20,22). The van der Waals surface area contributed by atoms with E-state index in [1.54, 1.807) is 12.1 Å². The van der Waals surface area contributed by atoms with Gasteiger partial charge in [0.05, 0.1) is 6.54 Å². The van der Waals surface area contributed by atoms with Crippen LogP contribution in [0.3, 0.4) is 0 Å². The number of hydrogen-bond donors (Lipinski definition) is 2. The quantitative estimate of drug-likeness (QED) is 0.867. The van der Waals surface area contributed by atoms with Gasteiger partial charge < -0.3 is 11.1 Å². The van der Waals surface area contributed by atoms with Crippen LogP contribution in [0.4, 0.5) is 4.39 Å². The van der Waals surface area contributed by atoms with Gasteiger partial charge in [0.1, 0.15) is 5.82 Å². The molecule has 1 aliphatic heterocycles. The number of carbonyl (C=O) groups excluding carboxylic acids is 1. The molecule has 4 nitrogen and oxygen atoms in total. The summed E-state index contributed by atoms with van der Waals surface area (Å²) in [5.74, 6) is -0.202. The Hall–Kier alpha value is -1.46. The van der Waals surface area contributed by atoms with Crippen LogP contribution in [0.5, 0.6) is 0 Å². The molecule has 1 fully saturated rings. The lowest BCUT2D eigenvalue weighted by atomic mass is 9.80. The zero-order valence-electron chi connectivity index (χ0n) is 13.4. The molecule has 0 radical (unpaired) electrons. The van der Waals surface area contributed by atoms with Crippen LogP contribution >= 0.6 is 0 Å². The van der Waals surface area contributed by atoms with E-state index in [1.807, 2.05) is 0 Å². The van der Waals surface area contributed by atoms with Gasteiger partial charge in [0, 0.05) is 25.7 Å². The number of benzene rings is 1. The van der Waals surface area contributed by atoms with Gasteiger partial charge in [-0.05, 0) is 36.0 Å². The van der Waals surface area contributed by atoms with E-state index in [4.69, 9.17) is 5.73 Å². The fourth-order valence-electron chi connectivity index (χ4n) is 2.88. The van der Waals surface area contributed by atoms with Crippen molar-refractivity contribution in [2.45, 2.75) is 32.7 Å². The number of hydrogen-bond acceptors (Lipinski definition) is 3. The normalized spacial score (nSPS) is 21.5. The van der Waals surface area contributed by atoms with Crippen molar-refractivity contribution >= 4 is 5.91 Å². The van der Waals surface area contributed by atoms with Crippen LogP contribution in [-0.4, -0.2) is 43.0 Å². The Balaban J connectivity index is 1.71. The Kier molecular flexibility index (Phi) is 5.53. The predicted molar refractivity (Wildman–Crippen MR) is 85.9 cm³/mol. The largest absolute Gasteiger partial charge is 0.355 e. The van der Waals surface area contributed by atoms with Gasteiger partial charge in [-0.25, -0.2) is 4.39 Å². The number of amides is 1. The van der Waals surface area contributed by atoms with Gasteiger partial charge in [-0.2, -0.15) is 0 Å². The molecule has 0 aromatic heterocycles. The minimum Gasteiger partial charge on any atom is -0.355 e. The van der Waals surface area contributed by atoms with Crippen molar-refractivity contribution < 1.29 is 9.18 Å². The van der Waals surface area contributed by atoms with Crippen LogP contribution in [0.15, 0.2) is 24.3 Å². The van der Waals surface area contributed by atoms with E-state index in [0.29, 0.717) is 19.5 Å². The second kappa shape index (κ2) is 7.20. The maximum absolute atomic E-state index is 12.8. The number of likely N-dealkylation sites (tertiary alicyclic amines) is 1. The fraction of sp³-hybridized carbons (Fsp3) is 0.588. The molecule has 1 saturated heterocycles. The third-order valence-electron chi connectivity index (χ3n) is 4.41. The summed E-state index contributed by atoms with van der Waals surface area (Å²) in [6.45, 7) is 7.00. The van der Waals surface area contributed by atoms with Gasteiger partial charge in [0.25, 0.3) is 0 Å². The second-order valence-corrected chi connectivity index (χ2v) is 6.82. The van der Waals surface area contributed by atoms with Crippen molar-refractivity contribution in [3.05, 3.63) is 35.6 Å². The highest BCUT2D eigenvalue weighted by molar-refractivity contribution is 5.78. The summed E-state index contributed by atoms with van der Waals surface area (Å²) in [6.07, 6.45) is 1.64. The number of carbonyl (C=O) groups is 1. The van der Waals surface area contributed by atoms with E-state index >= 15 is 0 Å². The summed E-state index contributed by atoms with van der Waals surface area (Å²) in [6, 6.07) is 6.57. The first-order chi connectivity index (χ1) is 10.4. The molecule has 1 aromatic rings. The molecule has 1 atom stereocenters. The molecule has 3 N–H and O–H groups in total. The summed E-state index contributed by atoms with van der Waals surface area (Å²) >= 11 is 0. The minimum absolute atomic E-state index is 0.0355. The Morgan fingerprint density at radius 3 is 2.73 bits per heavy atom.